The number of ether oxygens (including phenoxy) is 2. The molecule has 0 radical (unpaired) electrons. The Morgan fingerprint density at radius 2 is 1.85 bits per heavy atom. The SMILES string of the molecule is COc1cc2c(cc1C=Nc1cc(Cl)ccc1OC)C(C)CC(C)(C)N2C. The van der Waals surface area contributed by atoms with Gasteiger partial charge in [0.1, 0.15) is 17.2 Å². The van der Waals surface area contributed by atoms with Crippen molar-refractivity contribution in [2.75, 3.05) is 26.2 Å². The number of fused-ring (bicyclic) bond motifs is 1. The Hall–Kier alpha value is -2.20. The van der Waals surface area contributed by atoms with Gasteiger partial charge in [0.05, 0.1) is 14.2 Å². The van der Waals surface area contributed by atoms with Crippen molar-refractivity contribution >= 4 is 29.2 Å². The molecular formula is C22H27ClN2O2. The Balaban J connectivity index is 2.05. The van der Waals surface area contributed by atoms with Crippen molar-refractivity contribution in [3.63, 3.8) is 0 Å². The van der Waals surface area contributed by atoms with Gasteiger partial charge in [-0.3, -0.25) is 4.99 Å². The van der Waals surface area contributed by atoms with Gasteiger partial charge in [-0.1, -0.05) is 18.5 Å². The first kappa shape index (κ1) is 19.6. The highest BCUT2D eigenvalue weighted by atomic mass is 35.5. The van der Waals surface area contributed by atoms with E-state index in [1.54, 1.807) is 26.4 Å². The molecule has 4 nitrogen and oxygen atoms in total. The van der Waals surface area contributed by atoms with Gasteiger partial charge in [0.2, 0.25) is 0 Å². The molecular weight excluding hydrogens is 360 g/mol. The summed E-state index contributed by atoms with van der Waals surface area (Å²) in [5.74, 6) is 1.95. The zero-order chi connectivity index (χ0) is 19.8. The van der Waals surface area contributed by atoms with Gasteiger partial charge in [-0.2, -0.15) is 0 Å². The lowest BCUT2D eigenvalue weighted by Crippen LogP contribution is -2.45. The lowest BCUT2D eigenvalue weighted by atomic mass is 9.80. The van der Waals surface area contributed by atoms with E-state index in [0.717, 1.165) is 17.7 Å². The first-order valence-corrected chi connectivity index (χ1v) is 9.48. The fourth-order valence-electron chi connectivity index (χ4n) is 3.79. The van der Waals surface area contributed by atoms with Crippen LogP contribution in [0.3, 0.4) is 0 Å². The zero-order valence-electron chi connectivity index (χ0n) is 16.8. The highest BCUT2D eigenvalue weighted by Crippen LogP contribution is 2.44. The summed E-state index contributed by atoms with van der Waals surface area (Å²) in [5, 5.41) is 0.623. The van der Waals surface area contributed by atoms with Gasteiger partial charge in [-0.25, -0.2) is 0 Å². The van der Waals surface area contributed by atoms with Crippen molar-refractivity contribution in [2.24, 2.45) is 4.99 Å². The third-order valence-corrected chi connectivity index (χ3v) is 5.70. The van der Waals surface area contributed by atoms with Crippen LogP contribution >= 0.6 is 11.6 Å². The lowest BCUT2D eigenvalue weighted by Gasteiger charge is -2.45. The van der Waals surface area contributed by atoms with Gasteiger partial charge in [-0.05, 0) is 56.0 Å². The van der Waals surface area contributed by atoms with Crippen LogP contribution in [0.5, 0.6) is 11.5 Å². The predicted molar refractivity (Wildman–Crippen MR) is 114 cm³/mol. The van der Waals surface area contributed by atoms with Gasteiger partial charge in [0, 0.05) is 41.1 Å². The van der Waals surface area contributed by atoms with Crippen LogP contribution in [0.25, 0.3) is 0 Å². The van der Waals surface area contributed by atoms with Crippen molar-refractivity contribution in [3.8, 4) is 11.5 Å². The standard InChI is InChI=1S/C22H27ClN2O2/c1-14-12-22(2,3)25(4)19-11-21(27-6)15(9-17(14)19)13-24-18-10-16(23)7-8-20(18)26-5/h7-11,13-14H,12H2,1-6H3. The average molecular weight is 387 g/mol. The molecule has 1 atom stereocenters. The molecule has 27 heavy (non-hydrogen) atoms. The van der Waals surface area contributed by atoms with Crippen LogP contribution in [0.15, 0.2) is 35.3 Å². The summed E-state index contributed by atoms with van der Waals surface area (Å²) < 4.78 is 11.0. The fourth-order valence-corrected chi connectivity index (χ4v) is 3.96. The Morgan fingerprint density at radius 3 is 2.52 bits per heavy atom. The fraction of sp³-hybridized carbons (Fsp3) is 0.409. The van der Waals surface area contributed by atoms with Crippen molar-refractivity contribution in [1.29, 1.82) is 0 Å². The van der Waals surface area contributed by atoms with Crippen LogP contribution in [0, 0.1) is 0 Å². The van der Waals surface area contributed by atoms with Gasteiger partial charge < -0.3 is 14.4 Å². The summed E-state index contributed by atoms with van der Waals surface area (Å²) >= 11 is 6.11. The van der Waals surface area contributed by atoms with Gasteiger partial charge in [0.15, 0.2) is 0 Å². The van der Waals surface area contributed by atoms with E-state index < -0.39 is 0 Å². The quantitative estimate of drug-likeness (QED) is 0.620. The summed E-state index contributed by atoms with van der Waals surface area (Å²) in [6, 6.07) is 9.70. The van der Waals surface area contributed by atoms with E-state index in [1.165, 1.54) is 11.3 Å². The van der Waals surface area contributed by atoms with E-state index in [9.17, 15) is 0 Å². The molecule has 1 aliphatic heterocycles. The van der Waals surface area contributed by atoms with E-state index in [-0.39, 0.29) is 5.54 Å². The Morgan fingerprint density at radius 1 is 1.15 bits per heavy atom. The van der Waals surface area contributed by atoms with E-state index in [4.69, 9.17) is 21.1 Å². The number of benzene rings is 2. The molecule has 0 amide bonds. The molecule has 0 saturated heterocycles. The first-order chi connectivity index (χ1) is 12.8. The molecule has 0 bridgehead atoms. The number of halogens is 1. The largest absolute Gasteiger partial charge is 0.496 e. The number of nitrogens with zero attached hydrogens (tertiary/aromatic N) is 2. The van der Waals surface area contributed by atoms with Crippen LogP contribution in [0.2, 0.25) is 5.02 Å². The minimum Gasteiger partial charge on any atom is -0.496 e. The zero-order valence-corrected chi connectivity index (χ0v) is 17.6. The summed E-state index contributed by atoms with van der Waals surface area (Å²) in [6.07, 6.45) is 2.92. The summed E-state index contributed by atoms with van der Waals surface area (Å²) in [6.45, 7) is 6.83. The Kier molecular flexibility index (Phi) is 5.38. The van der Waals surface area contributed by atoms with Crippen molar-refractivity contribution in [2.45, 2.75) is 38.6 Å². The molecule has 0 N–H and O–H groups in total. The molecule has 0 spiro atoms. The molecule has 2 aromatic carbocycles. The Bertz CT molecular complexity index is 877. The number of hydrogen-bond acceptors (Lipinski definition) is 4. The number of aliphatic imine (C=N–C) groups is 1. The maximum absolute atomic E-state index is 6.11. The molecule has 0 aromatic heterocycles. The monoisotopic (exact) mass is 386 g/mol. The van der Waals surface area contributed by atoms with Crippen LogP contribution in [0.1, 0.15) is 44.2 Å². The molecule has 3 rings (SSSR count). The molecule has 144 valence electrons. The molecule has 0 saturated carbocycles. The van der Waals surface area contributed by atoms with Crippen LogP contribution < -0.4 is 14.4 Å². The van der Waals surface area contributed by atoms with Crippen LogP contribution in [-0.4, -0.2) is 33.0 Å². The molecule has 2 aromatic rings. The third kappa shape index (κ3) is 3.77. The number of hydrogen-bond donors (Lipinski definition) is 0. The van der Waals surface area contributed by atoms with Gasteiger partial charge >= 0.3 is 0 Å². The van der Waals surface area contributed by atoms with Gasteiger partial charge in [-0.15, -0.1) is 0 Å². The van der Waals surface area contributed by atoms with E-state index >= 15 is 0 Å². The first-order valence-electron chi connectivity index (χ1n) is 9.10. The highest BCUT2D eigenvalue weighted by molar-refractivity contribution is 6.30. The molecule has 1 unspecified atom stereocenters. The second-order valence-corrected chi connectivity index (χ2v) is 8.14. The summed E-state index contributed by atoms with van der Waals surface area (Å²) in [4.78, 5) is 6.95. The summed E-state index contributed by atoms with van der Waals surface area (Å²) in [7, 11) is 5.46. The predicted octanol–water partition coefficient (Wildman–Crippen LogP) is 5.83. The number of anilines is 1. The number of methoxy groups -OCH3 is 2. The van der Waals surface area contributed by atoms with Crippen molar-refractivity contribution in [1.82, 2.24) is 0 Å². The average Bonchev–Trinajstić information content (AvgIpc) is 2.63. The van der Waals surface area contributed by atoms with Crippen molar-refractivity contribution in [3.05, 3.63) is 46.5 Å². The maximum atomic E-state index is 6.11. The topological polar surface area (TPSA) is 34.1 Å². The minimum atomic E-state index is 0.112. The molecule has 1 aliphatic rings. The minimum absolute atomic E-state index is 0.112. The molecule has 1 heterocycles. The van der Waals surface area contributed by atoms with E-state index in [1.807, 2.05) is 12.3 Å². The van der Waals surface area contributed by atoms with Crippen molar-refractivity contribution < 1.29 is 9.47 Å². The Labute approximate surface area is 166 Å². The van der Waals surface area contributed by atoms with Crippen LogP contribution in [-0.2, 0) is 0 Å². The van der Waals surface area contributed by atoms with Gasteiger partial charge in [0.25, 0.3) is 0 Å². The lowest BCUT2D eigenvalue weighted by molar-refractivity contribution is 0.389. The normalized spacial score (nSPS) is 18.5. The highest BCUT2D eigenvalue weighted by Gasteiger charge is 2.34. The molecule has 5 heteroatoms. The second kappa shape index (κ2) is 7.43. The molecule has 0 aliphatic carbocycles. The van der Waals surface area contributed by atoms with E-state index in [2.05, 4.69) is 49.8 Å². The summed E-state index contributed by atoms with van der Waals surface area (Å²) in [5.41, 5.74) is 4.28. The number of rotatable bonds is 4. The van der Waals surface area contributed by atoms with E-state index in [0.29, 0.717) is 22.4 Å². The second-order valence-electron chi connectivity index (χ2n) is 7.70. The maximum Gasteiger partial charge on any atom is 0.144 e. The third-order valence-electron chi connectivity index (χ3n) is 5.47. The molecule has 0 fully saturated rings. The van der Waals surface area contributed by atoms with Crippen LogP contribution in [0.4, 0.5) is 11.4 Å². The smallest absolute Gasteiger partial charge is 0.144 e.